The molecule has 0 aliphatic rings. The highest BCUT2D eigenvalue weighted by molar-refractivity contribution is 5.76. The zero-order valence-corrected chi connectivity index (χ0v) is 8.17. The first kappa shape index (κ1) is 13.2. The molecule has 16 heavy (non-hydrogen) atoms. The quantitative estimate of drug-likeness (QED) is 0.105. The van der Waals surface area contributed by atoms with Gasteiger partial charge in [-0.3, -0.25) is 0 Å². The molecule has 0 atom stereocenters. The van der Waals surface area contributed by atoms with Crippen LogP contribution in [0.5, 0.6) is 0 Å². The number of nitrogens with one attached hydrogen (secondary N) is 2. The third-order valence-electron chi connectivity index (χ3n) is 1.15. The Bertz CT molecular complexity index is 335. The molecule has 0 radical (unpaired) electrons. The largest absolute Gasteiger partial charge is 0.419 e. The van der Waals surface area contributed by atoms with E-state index in [1.165, 1.54) is 0 Å². The number of nitrogens with two attached hydrogens (primary N) is 2. The maximum absolute atomic E-state index is 6.59. The fourth-order valence-corrected chi connectivity index (χ4v) is 0.490. The Morgan fingerprint density at radius 3 is 1.38 bits per heavy atom. The van der Waals surface area contributed by atoms with E-state index in [-0.39, 0.29) is 11.5 Å². The van der Waals surface area contributed by atoms with Gasteiger partial charge in [-0.1, -0.05) is 23.4 Å². The van der Waals surface area contributed by atoms with Crippen LogP contribution in [0.15, 0.2) is 45.1 Å². The van der Waals surface area contributed by atoms with E-state index >= 15 is 0 Å². The molecule has 0 aromatic carbocycles. The minimum Gasteiger partial charge on any atom is -0.419 e. The predicted molar refractivity (Wildman–Crippen MR) is 54.0 cm³/mol. The summed E-state index contributed by atoms with van der Waals surface area (Å²) in [6.07, 6.45) is 0. The molecule has 6 N–H and O–H groups in total. The Labute approximate surface area is 90.3 Å². The van der Waals surface area contributed by atoms with Gasteiger partial charge in [-0.05, 0) is 0 Å². The Hall–Kier alpha value is -2.78. The van der Waals surface area contributed by atoms with Crippen LogP contribution in [0, 0.1) is 11.1 Å². The normalized spacial score (nSPS) is 11.5. The van der Waals surface area contributed by atoms with Crippen molar-refractivity contribution in [1.82, 2.24) is 0 Å². The van der Waals surface area contributed by atoms with E-state index in [0.29, 0.717) is 0 Å². The molecule has 0 saturated heterocycles. The molecule has 0 bridgehead atoms. The van der Waals surface area contributed by atoms with E-state index in [9.17, 15) is 0 Å². The monoisotopic (exact) mass is 226 g/mol. The van der Waals surface area contributed by atoms with Crippen LogP contribution >= 0.6 is 0 Å². The maximum Gasteiger partial charge on any atom is 0.357 e. The Kier molecular flexibility index (Phi) is 5.49. The number of amidine groups is 2. The molecule has 86 valence electrons. The van der Waals surface area contributed by atoms with E-state index in [1.807, 2.05) is 0 Å². The molecule has 0 heterocycles. The zero-order valence-electron chi connectivity index (χ0n) is 8.17. The molecule has 0 aromatic rings. The van der Waals surface area contributed by atoms with E-state index in [1.54, 1.807) is 0 Å². The molecule has 10 nitrogen and oxygen atoms in total. The lowest BCUT2D eigenvalue weighted by Crippen LogP contribution is -2.09. The number of rotatable bonds is 3. The van der Waals surface area contributed by atoms with Crippen molar-refractivity contribution in [2.45, 2.75) is 0 Å². The number of hydrogen-bond acceptors (Lipinski definition) is 8. The van der Waals surface area contributed by atoms with E-state index in [0.717, 1.165) is 0 Å². The molecule has 0 aromatic heterocycles. The molecular weight excluding hydrogens is 216 g/mol. The topological polar surface area (TPSA) is 168 Å². The van der Waals surface area contributed by atoms with Crippen LogP contribution < -0.4 is 11.7 Å². The van der Waals surface area contributed by atoms with Gasteiger partial charge in [0.05, 0.1) is 0 Å². The molecular formula is C6H10N8O2. The van der Waals surface area contributed by atoms with Gasteiger partial charge in [0, 0.05) is 0 Å². The van der Waals surface area contributed by atoms with Crippen molar-refractivity contribution >= 4 is 12.0 Å². The predicted octanol–water partition coefficient (Wildman–Crippen LogP) is 0.568. The molecule has 0 spiro atoms. The lowest BCUT2D eigenvalue weighted by atomic mass is 10.5. The third kappa shape index (κ3) is 3.95. The van der Waals surface area contributed by atoms with Gasteiger partial charge < -0.3 is 21.2 Å². The van der Waals surface area contributed by atoms with Crippen molar-refractivity contribution in [1.29, 1.82) is 11.1 Å². The maximum atomic E-state index is 6.59. The van der Waals surface area contributed by atoms with Gasteiger partial charge in [0.2, 0.25) is 0 Å². The molecule has 0 saturated carbocycles. The highest BCUT2D eigenvalue weighted by Crippen LogP contribution is 2.10. The molecule has 0 aliphatic heterocycles. The number of hydrogen-bond donors (Lipinski definition) is 4. The summed E-state index contributed by atoms with van der Waals surface area (Å²) in [5.74, 6) is 9.39. The first-order chi connectivity index (χ1) is 7.58. The minimum absolute atomic E-state index is 0.134. The van der Waals surface area contributed by atoms with Crippen molar-refractivity contribution in [2.24, 2.45) is 32.1 Å². The van der Waals surface area contributed by atoms with E-state index < -0.39 is 12.0 Å². The summed E-state index contributed by atoms with van der Waals surface area (Å²) in [4.78, 5) is 0. The SMILES string of the molecule is C=C(OC(N=N)=NN)C(=C)OC(N=N)=NN. The Morgan fingerprint density at radius 1 is 0.875 bits per heavy atom. The fraction of sp³-hybridized carbons (Fsp3) is 0. The van der Waals surface area contributed by atoms with Crippen LogP contribution in [0.4, 0.5) is 0 Å². The van der Waals surface area contributed by atoms with Gasteiger partial charge in [0.1, 0.15) is 0 Å². The summed E-state index contributed by atoms with van der Waals surface area (Å²) in [6, 6.07) is -0.882. The Balaban J connectivity index is 4.47. The smallest absolute Gasteiger partial charge is 0.357 e. The molecule has 0 rings (SSSR count). The van der Waals surface area contributed by atoms with Crippen molar-refractivity contribution in [2.75, 3.05) is 0 Å². The Morgan fingerprint density at radius 2 is 1.19 bits per heavy atom. The summed E-state index contributed by atoms with van der Waals surface area (Å²) >= 11 is 0. The lowest BCUT2D eigenvalue weighted by molar-refractivity contribution is 0.329. The van der Waals surface area contributed by atoms with Crippen molar-refractivity contribution < 1.29 is 9.47 Å². The van der Waals surface area contributed by atoms with E-state index in [2.05, 4.69) is 33.6 Å². The zero-order chi connectivity index (χ0) is 12.6. The summed E-state index contributed by atoms with van der Waals surface area (Å²) in [6.45, 7) is 6.77. The highest BCUT2D eigenvalue weighted by atomic mass is 16.6. The second-order valence-corrected chi connectivity index (χ2v) is 2.10. The van der Waals surface area contributed by atoms with Crippen molar-refractivity contribution in [3.05, 3.63) is 24.7 Å². The van der Waals surface area contributed by atoms with Gasteiger partial charge >= 0.3 is 12.0 Å². The average molecular weight is 226 g/mol. The highest BCUT2D eigenvalue weighted by Gasteiger charge is 2.10. The summed E-state index contributed by atoms with van der Waals surface area (Å²) in [5, 5.41) is 11.7. The van der Waals surface area contributed by atoms with Crippen LogP contribution in [-0.4, -0.2) is 12.0 Å². The van der Waals surface area contributed by atoms with Gasteiger partial charge in [0.25, 0.3) is 0 Å². The second kappa shape index (κ2) is 6.64. The fourth-order valence-electron chi connectivity index (χ4n) is 0.490. The van der Waals surface area contributed by atoms with Gasteiger partial charge in [-0.25, -0.2) is 0 Å². The first-order valence-electron chi connectivity index (χ1n) is 3.63. The van der Waals surface area contributed by atoms with E-state index in [4.69, 9.17) is 32.2 Å². The number of ether oxygens (including phenoxy) is 2. The standard InChI is InChI=1S/C6H10N8O2/c1-3(15-5(11-7)12-8)4(2)16-6(13-9)14-10/h7,9H,1-2,8,10H2. The average Bonchev–Trinajstić information content (AvgIpc) is 2.32. The minimum atomic E-state index is -0.441. The summed E-state index contributed by atoms with van der Waals surface area (Å²) < 4.78 is 9.51. The first-order valence-corrected chi connectivity index (χ1v) is 3.63. The molecule has 0 unspecified atom stereocenters. The van der Waals surface area contributed by atoms with Crippen molar-refractivity contribution in [3.63, 3.8) is 0 Å². The lowest BCUT2D eigenvalue weighted by Gasteiger charge is -2.08. The van der Waals surface area contributed by atoms with Crippen LogP contribution in [0.2, 0.25) is 0 Å². The number of nitrogens with zero attached hydrogens (tertiary/aromatic N) is 4. The molecule has 0 fully saturated rings. The van der Waals surface area contributed by atoms with Crippen LogP contribution in [0.3, 0.4) is 0 Å². The van der Waals surface area contributed by atoms with Gasteiger partial charge in [-0.2, -0.15) is 11.1 Å². The summed E-state index contributed by atoms with van der Waals surface area (Å²) in [5.41, 5.74) is 13.2. The third-order valence-corrected chi connectivity index (χ3v) is 1.15. The van der Waals surface area contributed by atoms with Gasteiger partial charge in [0.15, 0.2) is 11.5 Å². The molecule has 0 aliphatic carbocycles. The molecule has 0 amide bonds. The van der Waals surface area contributed by atoms with Crippen molar-refractivity contribution in [3.8, 4) is 0 Å². The van der Waals surface area contributed by atoms with Crippen LogP contribution in [0.25, 0.3) is 0 Å². The molecule has 10 heteroatoms. The van der Waals surface area contributed by atoms with Crippen LogP contribution in [-0.2, 0) is 9.47 Å². The second-order valence-electron chi connectivity index (χ2n) is 2.10. The van der Waals surface area contributed by atoms with Gasteiger partial charge in [-0.15, -0.1) is 10.2 Å². The summed E-state index contributed by atoms with van der Waals surface area (Å²) in [7, 11) is 0. The number of hydrazone groups is 2. The van der Waals surface area contributed by atoms with Crippen LogP contribution in [0.1, 0.15) is 0 Å².